The summed E-state index contributed by atoms with van der Waals surface area (Å²) in [6, 6.07) is 6.45. The second-order valence-corrected chi connectivity index (χ2v) is 7.43. The van der Waals surface area contributed by atoms with Crippen LogP contribution in [0.4, 0.5) is 0 Å². The molecule has 19 heavy (non-hydrogen) atoms. The third-order valence-corrected chi connectivity index (χ3v) is 6.17. The van der Waals surface area contributed by atoms with Gasteiger partial charge in [0.15, 0.2) is 9.84 Å². The summed E-state index contributed by atoms with van der Waals surface area (Å²) in [5.41, 5.74) is 0. The molecule has 0 radical (unpaired) electrons. The molecular weight excluding hydrogens is 268 g/mol. The van der Waals surface area contributed by atoms with Gasteiger partial charge in [-0.3, -0.25) is 0 Å². The molecule has 1 saturated heterocycles. The van der Waals surface area contributed by atoms with Gasteiger partial charge in [-0.05, 0) is 31.0 Å². The van der Waals surface area contributed by atoms with Crippen molar-refractivity contribution in [2.45, 2.75) is 28.6 Å². The lowest BCUT2D eigenvalue weighted by molar-refractivity contribution is 0.262. The Balaban J connectivity index is 1.82. The van der Waals surface area contributed by atoms with Gasteiger partial charge in [-0.25, -0.2) is 8.42 Å². The monoisotopic (exact) mass is 284 g/mol. The van der Waals surface area contributed by atoms with E-state index >= 15 is 0 Å². The lowest BCUT2D eigenvalue weighted by Crippen LogP contribution is -2.27. The van der Waals surface area contributed by atoms with E-state index in [0.29, 0.717) is 31.8 Å². The predicted octanol–water partition coefficient (Wildman–Crippen LogP) is 0.763. The zero-order valence-corrected chi connectivity index (χ0v) is 11.2. The van der Waals surface area contributed by atoms with Crippen LogP contribution in [0.25, 0.3) is 0 Å². The van der Waals surface area contributed by atoms with Gasteiger partial charge < -0.3 is 14.6 Å². The van der Waals surface area contributed by atoms with Crippen molar-refractivity contribution in [3.63, 3.8) is 0 Å². The molecule has 5 nitrogen and oxygen atoms in total. The van der Waals surface area contributed by atoms with Crippen LogP contribution in [-0.2, 0) is 14.6 Å². The molecule has 104 valence electrons. The van der Waals surface area contributed by atoms with Crippen molar-refractivity contribution < 1.29 is 23.0 Å². The summed E-state index contributed by atoms with van der Waals surface area (Å²) in [4.78, 5) is 0.216. The SMILES string of the molecule is O=S(=O)(c1cccc(OC[C@@H]2CO2)c1)C1(CO)CC1. The van der Waals surface area contributed by atoms with Crippen molar-refractivity contribution in [1.29, 1.82) is 0 Å². The first-order valence-corrected chi connectivity index (χ1v) is 7.76. The van der Waals surface area contributed by atoms with Gasteiger partial charge >= 0.3 is 0 Å². The van der Waals surface area contributed by atoms with E-state index < -0.39 is 14.6 Å². The average Bonchev–Trinajstić information content (AvgIpc) is 3.30. The fourth-order valence-corrected chi connectivity index (χ4v) is 3.82. The molecule has 2 aliphatic rings. The van der Waals surface area contributed by atoms with E-state index in [-0.39, 0.29) is 17.6 Å². The molecule has 1 aliphatic carbocycles. The summed E-state index contributed by atoms with van der Waals surface area (Å²) >= 11 is 0. The Labute approximate surface area is 112 Å². The molecule has 1 N–H and O–H groups in total. The van der Waals surface area contributed by atoms with E-state index in [2.05, 4.69) is 0 Å². The molecule has 1 atom stereocenters. The second kappa shape index (κ2) is 4.47. The maximum absolute atomic E-state index is 12.4. The highest BCUT2D eigenvalue weighted by Crippen LogP contribution is 2.46. The normalized spacial score (nSPS) is 23.9. The number of epoxide rings is 1. The largest absolute Gasteiger partial charge is 0.491 e. The second-order valence-electron chi connectivity index (χ2n) is 5.09. The minimum absolute atomic E-state index is 0.132. The molecule has 1 aliphatic heterocycles. The lowest BCUT2D eigenvalue weighted by Gasteiger charge is -2.14. The number of aliphatic hydroxyl groups excluding tert-OH is 1. The van der Waals surface area contributed by atoms with Gasteiger partial charge in [0.2, 0.25) is 0 Å². The minimum Gasteiger partial charge on any atom is -0.491 e. The third-order valence-electron chi connectivity index (χ3n) is 3.62. The van der Waals surface area contributed by atoms with Crippen LogP contribution in [0.2, 0.25) is 0 Å². The first kappa shape index (κ1) is 12.9. The van der Waals surface area contributed by atoms with Gasteiger partial charge in [0.25, 0.3) is 0 Å². The van der Waals surface area contributed by atoms with E-state index in [9.17, 15) is 13.5 Å². The molecule has 3 rings (SSSR count). The van der Waals surface area contributed by atoms with Gasteiger partial charge in [0.05, 0.1) is 22.9 Å². The highest BCUT2D eigenvalue weighted by Gasteiger charge is 2.54. The maximum Gasteiger partial charge on any atom is 0.186 e. The fraction of sp³-hybridized carbons (Fsp3) is 0.538. The van der Waals surface area contributed by atoms with Gasteiger partial charge in [0.1, 0.15) is 18.5 Å². The number of rotatable bonds is 6. The van der Waals surface area contributed by atoms with Crippen LogP contribution in [0.15, 0.2) is 29.2 Å². The van der Waals surface area contributed by atoms with Crippen LogP contribution in [0.5, 0.6) is 5.75 Å². The van der Waals surface area contributed by atoms with E-state index in [1.54, 1.807) is 18.2 Å². The highest BCUT2D eigenvalue weighted by molar-refractivity contribution is 7.93. The van der Waals surface area contributed by atoms with Crippen molar-refractivity contribution in [3.8, 4) is 5.75 Å². The summed E-state index contributed by atoms with van der Waals surface area (Å²) in [5.74, 6) is 0.519. The smallest absolute Gasteiger partial charge is 0.186 e. The van der Waals surface area contributed by atoms with Gasteiger partial charge in [-0.2, -0.15) is 0 Å². The van der Waals surface area contributed by atoms with Crippen LogP contribution < -0.4 is 4.74 Å². The molecule has 1 aromatic carbocycles. The zero-order valence-electron chi connectivity index (χ0n) is 10.4. The Hall–Kier alpha value is -1.11. The molecular formula is C13H16O5S. The van der Waals surface area contributed by atoms with Gasteiger partial charge in [-0.1, -0.05) is 6.07 Å². The van der Waals surface area contributed by atoms with Crippen LogP contribution in [0, 0.1) is 0 Å². The summed E-state index contributed by atoms with van der Waals surface area (Å²) in [6.07, 6.45) is 1.17. The Bertz CT molecular complexity index is 572. The van der Waals surface area contributed by atoms with Crippen molar-refractivity contribution in [1.82, 2.24) is 0 Å². The molecule has 1 aromatic rings. The molecule has 0 aromatic heterocycles. The summed E-state index contributed by atoms with van der Waals surface area (Å²) in [5, 5.41) is 9.28. The van der Waals surface area contributed by atoms with E-state index in [1.165, 1.54) is 6.07 Å². The average molecular weight is 284 g/mol. The van der Waals surface area contributed by atoms with E-state index in [0.717, 1.165) is 0 Å². The third kappa shape index (κ3) is 2.35. The predicted molar refractivity (Wildman–Crippen MR) is 67.9 cm³/mol. The number of hydrogen-bond donors (Lipinski definition) is 1. The molecule has 0 spiro atoms. The van der Waals surface area contributed by atoms with Crippen molar-refractivity contribution in [2.75, 3.05) is 19.8 Å². The van der Waals surface area contributed by atoms with Crippen LogP contribution in [0.3, 0.4) is 0 Å². The Morgan fingerprint density at radius 2 is 2.16 bits per heavy atom. The zero-order chi connectivity index (χ0) is 13.5. The maximum atomic E-state index is 12.4. The first-order valence-electron chi connectivity index (χ1n) is 6.27. The quantitative estimate of drug-likeness (QED) is 0.781. The van der Waals surface area contributed by atoms with E-state index in [1.807, 2.05) is 0 Å². The number of benzene rings is 1. The van der Waals surface area contributed by atoms with Crippen LogP contribution in [0.1, 0.15) is 12.8 Å². The van der Waals surface area contributed by atoms with Crippen molar-refractivity contribution in [3.05, 3.63) is 24.3 Å². The molecule has 1 heterocycles. The molecule has 0 bridgehead atoms. The molecule has 0 unspecified atom stereocenters. The van der Waals surface area contributed by atoms with Gasteiger partial charge in [-0.15, -0.1) is 0 Å². The lowest BCUT2D eigenvalue weighted by atomic mass is 10.3. The molecule has 1 saturated carbocycles. The number of hydrogen-bond acceptors (Lipinski definition) is 5. The Morgan fingerprint density at radius 3 is 2.74 bits per heavy atom. The van der Waals surface area contributed by atoms with Crippen molar-refractivity contribution in [2.24, 2.45) is 0 Å². The molecule has 2 fully saturated rings. The Kier molecular flexibility index (Phi) is 3.03. The number of aliphatic hydroxyl groups is 1. The van der Waals surface area contributed by atoms with Crippen LogP contribution in [-0.4, -0.2) is 44.2 Å². The number of ether oxygens (including phenoxy) is 2. The van der Waals surface area contributed by atoms with E-state index in [4.69, 9.17) is 9.47 Å². The highest BCUT2D eigenvalue weighted by atomic mass is 32.2. The fourth-order valence-electron chi connectivity index (χ4n) is 1.99. The summed E-state index contributed by atoms with van der Waals surface area (Å²) in [7, 11) is -3.48. The standard InChI is InChI=1S/C13H16O5S/c14-9-13(4-5-13)19(15,16)12-3-1-2-10(6-12)17-7-11-8-18-11/h1-3,6,11,14H,4-5,7-9H2/t11-/m1/s1. The van der Waals surface area contributed by atoms with Gasteiger partial charge in [0, 0.05) is 0 Å². The molecule has 0 amide bonds. The number of sulfone groups is 1. The van der Waals surface area contributed by atoms with Crippen molar-refractivity contribution >= 4 is 9.84 Å². The molecule has 6 heteroatoms. The summed E-state index contributed by atoms with van der Waals surface area (Å²) in [6.45, 7) is 0.816. The van der Waals surface area contributed by atoms with Crippen LogP contribution >= 0.6 is 0 Å². The Morgan fingerprint density at radius 1 is 1.42 bits per heavy atom. The minimum atomic E-state index is -3.48. The summed E-state index contributed by atoms with van der Waals surface area (Å²) < 4.78 is 34.4. The first-order chi connectivity index (χ1) is 9.07. The topological polar surface area (TPSA) is 76.1 Å².